The third-order valence-corrected chi connectivity index (χ3v) is 8.25. The average Bonchev–Trinajstić information content (AvgIpc) is 3.43. The van der Waals surface area contributed by atoms with Crippen molar-refractivity contribution in [1.29, 1.82) is 0 Å². The number of hydrogen-bond donors (Lipinski definition) is 1. The summed E-state index contributed by atoms with van der Waals surface area (Å²) in [4.78, 5) is 24.7. The zero-order valence-electron chi connectivity index (χ0n) is 19.9. The largest absolute Gasteiger partial charge is 0.477 e. The lowest BCUT2D eigenvalue weighted by Crippen LogP contribution is -2.23. The number of allylic oxidation sites excluding steroid dienone is 2. The highest BCUT2D eigenvalue weighted by Gasteiger charge is 2.35. The van der Waals surface area contributed by atoms with Crippen LogP contribution in [-0.4, -0.2) is 23.5 Å². The van der Waals surface area contributed by atoms with Crippen molar-refractivity contribution in [3.05, 3.63) is 104 Å². The lowest BCUT2D eigenvalue weighted by atomic mass is 9.78. The monoisotopic (exact) mass is 508 g/mol. The molecule has 2 aromatic carbocycles. The number of hydrogen-bond acceptors (Lipinski definition) is 4. The van der Waals surface area contributed by atoms with Gasteiger partial charge in [0.2, 0.25) is 0 Å². The van der Waals surface area contributed by atoms with Crippen molar-refractivity contribution < 1.29 is 19.4 Å². The van der Waals surface area contributed by atoms with Crippen LogP contribution in [0, 0.1) is 11.8 Å². The summed E-state index contributed by atoms with van der Waals surface area (Å²) in [7, 11) is 0. The normalized spacial score (nSPS) is 18.0. The Hall–Kier alpha value is -2.73. The number of rotatable bonds is 10. The third-order valence-electron chi connectivity index (χ3n) is 6.81. The van der Waals surface area contributed by atoms with E-state index in [2.05, 4.69) is 62.4 Å². The molecule has 0 amide bonds. The van der Waals surface area contributed by atoms with Crippen molar-refractivity contribution in [2.45, 2.75) is 38.7 Å². The molecule has 1 N–H and O–H groups in total. The Morgan fingerprint density at radius 1 is 1.00 bits per heavy atom. The third kappa shape index (κ3) is 5.92. The van der Waals surface area contributed by atoms with Crippen LogP contribution in [0.4, 0.5) is 0 Å². The van der Waals surface area contributed by atoms with E-state index in [1.54, 1.807) is 12.1 Å². The topological polar surface area (TPSA) is 63.6 Å². The minimum absolute atomic E-state index is 0.00244. The number of halogens is 1. The lowest BCUT2D eigenvalue weighted by Gasteiger charge is -2.26. The van der Waals surface area contributed by atoms with Crippen LogP contribution in [0.1, 0.15) is 51.5 Å². The van der Waals surface area contributed by atoms with Gasteiger partial charge in [0.25, 0.3) is 0 Å². The smallest absolute Gasteiger partial charge is 0.345 e. The SMILES string of the molecule is CC(C)(c1ccccc1)c1ccc(CCC2C(Cl)=CC(=O)[C@@H]2COCc2ccc(C(=O)O)s2)cc1. The van der Waals surface area contributed by atoms with Gasteiger partial charge in [0.15, 0.2) is 5.78 Å². The molecular formula is C29H29ClO4S. The van der Waals surface area contributed by atoms with E-state index < -0.39 is 5.97 Å². The van der Waals surface area contributed by atoms with Crippen LogP contribution >= 0.6 is 22.9 Å². The molecular weight excluding hydrogens is 480 g/mol. The number of carbonyl (C=O) groups excluding carboxylic acids is 1. The van der Waals surface area contributed by atoms with Crippen molar-refractivity contribution in [1.82, 2.24) is 0 Å². The van der Waals surface area contributed by atoms with E-state index in [1.807, 2.05) is 6.07 Å². The number of aryl methyl sites for hydroxylation is 1. The van der Waals surface area contributed by atoms with Crippen LogP contribution in [0.15, 0.2) is 77.8 Å². The van der Waals surface area contributed by atoms with E-state index >= 15 is 0 Å². The number of carboxylic acids is 1. The van der Waals surface area contributed by atoms with Crippen LogP contribution in [-0.2, 0) is 28.0 Å². The molecule has 4 nitrogen and oxygen atoms in total. The molecule has 2 atom stereocenters. The Morgan fingerprint density at radius 2 is 1.69 bits per heavy atom. The number of carbonyl (C=O) groups is 2. The van der Waals surface area contributed by atoms with Gasteiger partial charge in [-0.3, -0.25) is 4.79 Å². The standard InChI is InChI=1S/C29H29ClO4S/c1-29(2,20-6-4-3-5-7-20)21-11-8-19(9-12-21)10-14-23-24(26(31)16-25(23)30)18-34-17-22-13-15-27(35-22)28(32)33/h3-9,11-13,15-16,23-24H,10,14,17-18H2,1-2H3,(H,32,33)/t23?,24-/m1/s1. The Morgan fingerprint density at radius 3 is 2.34 bits per heavy atom. The summed E-state index contributed by atoms with van der Waals surface area (Å²) < 4.78 is 5.80. The van der Waals surface area contributed by atoms with Gasteiger partial charge < -0.3 is 9.84 Å². The van der Waals surface area contributed by atoms with Crippen molar-refractivity contribution in [3.63, 3.8) is 0 Å². The average molecular weight is 509 g/mol. The highest BCUT2D eigenvalue weighted by Crippen LogP contribution is 2.37. The summed E-state index contributed by atoms with van der Waals surface area (Å²) in [6, 6.07) is 22.5. The molecule has 1 aliphatic carbocycles. The molecule has 1 unspecified atom stereocenters. The molecule has 3 aromatic rings. The Labute approximate surface area is 215 Å². The first-order valence-electron chi connectivity index (χ1n) is 11.7. The fourth-order valence-corrected chi connectivity index (χ4v) is 5.72. The van der Waals surface area contributed by atoms with Gasteiger partial charge in [0, 0.05) is 21.2 Å². The Bertz CT molecular complexity index is 1210. The van der Waals surface area contributed by atoms with E-state index in [1.165, 1.54) is 34.1 Å². The molecule has 35 heavy (non-hydrogen) atoms. The molecule has 182 valence electrons. The second-order valence-corrected chi connectivity index (χ2v) is 11.1. The summed E-state index contributed by atoms with van der Waals surface area (Å²) in [5.74, 6) is -1.32. The van der Waals surface area contributed by atoms with Gasteiger partial charge in [-0.2, -0.15) is 0 Å². The molecule has 0 aliphatic heterocycles. The molecule has 1 aromatic heterocycles. The van der Waals surface area contributed by atoms with Crippen LogP contribution in [0.25, 0.3) is 0 Å². The Balaban J connectivity index is 1.34. The Kier molecular flexibility index (Phi) is 7.90. The maximum Gasteiger partial charge on any atom is 0.345 e. The summed E-state index contributed by atoms with van der Waals surface area (Å²) in [5, 5.41) is 9.65. The summed E-state index contributed by atoms with van der Waals surface area (Å²) in [5.41, 5.74) is 3.66. The highest BCUT2D eigenvalue weighted by molar-refractivity contribution is 7.13. The van der Waals surface area contributed by atoms with Gasteiger partial charge >= 0.3 is 5.97 Å². The van der Waals surface area contributed by atoms with Gasteiger partial charge in [-0.15, -0.1) is 11.3 Å². The van der Waals surface area contributed by atoms with E-state index in [0.717, 1.165) is 17.7 Å². The van der Waals surface area contributed by atoms with Gasteiger partial charge in [0.1, 0.15) is 4.88 Å². The van der Waals surface area contributed by atoms with Gasteiger partial charge in [0.05, 0.1) is 19.1 Å². The first-order chi connectivity index (χ1) is 16.8. The molecule has 0 radical (unpaired) electrons. The number of ether oxygens (including phenoxy) is 1. The number of benzene rings is 2. The molecule has 1 heterocycles. The summed E-state index contributed by atoms with van der Waals surface area (Å²) in [6.45, 7) is 5.01. The molecule has 0 fully saturated rings. The van der Waals surface area contributed by atoms with Crippen LogP contribution < -0.4 is 0 Å². The van der Waals surface area contributed by atoms with Gasteiger partial charge in [-0.05, 0) is 47.7 Å². The van der Waals surface area contributed by atoms with E-state index in [-0.39, 0.29) is 41.1 Å². The van der Waals surface area contributed by atoms with Crippen molar-refractivity contribution in [2.75, 3.05) is 6.61 Å². The van der Waals surface area contributed by atoms with Crippen molar-refractivity contribution in [2.24, 2.45) is 11.8 Å². The van der Waals surface area contributed by atoms with E-state index in [4.69, 9.17) is 21.4 Å². The molecule has 0 bridgehead atoms. The maximum absolute atomic E-state index is 12.5. The molecule has 0 saturated carbocycles. The molecule has 1 aliphatic rings. The molecule has 6 heteroatoms. The molecule has 4 rings (SSSR count). The van der Waals surface area contributed by atoms with E-state index in [0.29, 0.717) is 5.03 Å². The fraction of sp³-hybridized carbons (Fsp3) is 0.310. The fourth-order valence-electron chi connectivity index (χ4n) is 4.57. The van der Waals surface area contributed by atoms with Crippen molar-refractivity contribution in [3.8, 4) is 0 Å². The summed E-state index contributed by atoms with van der Waals surface area (Å²) >= 11 is 7.63. The van der Waals surface area contributed by atoms with Crippen molar-refractivity contribution >= 4 is 34.7 Å². The van der Waals surface area contributed by atoms with Gasteiger partial charge in [-0.25, -0.2) is 4.79 Å². The lowest BCUT2D eigenvalue weighted by molar-refractivity contribution is -0.120. The second kappa shape index (κ2) is 10.9. The minimum Gasteiger partial charge on any atom is -0.477 e. The highest BCUT2D eigenvalue weighted by atomic mass is 35.5. The van der Waals surface area contributed by atoms with Gasteiger partial charge in [-0.1, -0.05) is 80.0 Å². The number of ketones is 1. The molecule has 0 spiro atoms. The van der Waals surface area contributed by atoms with Crippen LogP contribution in [0.3, 0.4) is 0 Å². The minimum atomic E-state index is -0.945. The second-order valence-electron chi connectivity index (χ2n) is 9.46. The van der Waals surface area contributed by atoms with E-state index in [9.17, 15) is 9.59 Å². The first kappa shape index (κ1) is 25.4. The predicted molar refractivity (Wildman–Crippen MR) is 140 cm³/mol. The number of thiophene rings is 1. The molecule has 0 saturated heterocycles. The maximum atomic E-state index is 12.5. The van der Waals surface area contributed by atoms with Crippen LogP contribution in [0.5, 0.6) is 0 Å². The predicted octanol–water partition coefficient (Wildman–Crippen LogP) is 6.86. The number of aromatic carboxylic acids is 1. The first-order valence-corrected chi connectivity index (χ1v) is 12.9. The quantitative estimate of drug-likeness (QED) is 0.325. The van der Waals surface area contributed by atoms with Crippen LogP contribution in [0.2, 0.25) is 0 Å². The summed E-state index contributed by atoms with van der Waals surface area (Å²) in [6.07, 6.45) is 3.11. The number of carboxylic acid groups (broad SMARTS) is 1. The zero-order chi connectivity index (χ0) is 25.0. The zero-order valence-corrected chi connectivity index (χ0v) is 21.4.